The summed E-state index contributed by atoms with van der Waals surface area (Å²) in [6, 6.07) is 6.61. The lowest BCUT2D eigenvalue weighted by atomic mass is 10.1. The number of hydrogen-bond donors (Lipinski definition) is 2. The summed E-state index contributed by atoms with van der Waals surface area (Å²) in [5.41, 5.74) is 1.78. The Hall–Kier alpha value is -2.01. The van der Waals surface area contributed by atoms with Crippen molar-refractivity contribution in [3.05, 3.63) is 29.8 Å². The van der Waals surface area contributed by atoms with Gasteiger partial charge in [0.25, 0.3) is 0 Å². The lowest BCUT2D eigenvalue weighted by Crippen LogP contribution is -2.44. The topological polar surface area (TPSA) is 95.9 Å². The molecule has 1 amide bonds. The quantitative estimate of drug-likeness (QED) is 0.586. The number of carbonyl (C=O) groups excluding carboxylic acids is 1. The second-order valence-electron chi connectivity index (χ2n) is 7.52. The minimum Gasteiger partial charge on any atom is -0.480 e. The largest absolute Gasteiger partial charge is 0.480 e. The molecule has 2 N–H and O–H groups in total. The number of carboxylic acid groups (broad SMARTS) is 1. The van der Waals surface area contributed by atoms with Gasteiger partial charge in [-0.05, 0) is 43.4 Å². The number of amides is 1. The van der Waals surface area contributed by atoms with Crippen LogP contribution in [-0.4, -0.2) is 56.3 Å². The lowest BCUT2D eigenvalue weighted by Gasteiger charge is -2.21. The van der Waals surface area contributed by atoms with E-state index in [2.05, 4.69) is 10.2 Å². The molecule has 0 saturated heterocycles. The van der Waals surface area contributed by atoms with E-state index in [4.69, 9.17) is 9.84 Å². The van der Waals surface area contributed by atoms with Crippen LogP contribution in [0.2, 0.25) is 0 Å². The molecule has 1 aromatic rings. The van der Waals surface area contributed by atoms with Crippen LogP contribution in [0, 0.1) is 5.92 Å². The summed E-state index contributed by atoms with van der Waals surface area (Å²) < 4.78 is 16.9. The van der Waals surface area contributed by atoms with Crippen LogP contribution in [0.15, 0.2) is 24.3 Å². The van der Waals surface area contributed by atoms with Gasteiger partial charge in [0, 0.05) is 25.4 Å². The van der Waals surface area contributed by atoms with Crippen LogP contribution in [0.25, 0.3) is 0 Å². The van der Waals surface area contributed by atoms with Crippen LogP contribution in [0.3, 0.4) is 0 Å². The van der Waals surface area contributed by atoms with Crippen molar-refractivity contribution in [3.8, 4) is 0 Å². The van der Waals surface area contributed by atoms with Crippen LogP contribution in [0.4, 0.5) is 10.5 Å². The van der Waals surface area contributed by atoms with Crippen molar-refractivity contribution in [2.24, 2.45) is 5.92 Å². The van der Waals surface area contributed by atoms with E-state index in [1.165, 1.54) is 0 Å². The maximum absolute atomic E-state index is 11.9. The summed E-state index contributed by atoms with van der Waals surface area (Å²) >= 11 is 0. The van der Waals surface area contributed by atoms with Crippen LogP contribution in [0.5, 0.6) is 0 Å². The van der Waals surface area contributed by atoms with Crippen molar-refractivity contribution in [2.45, 2.75) is 32.9 Å². The van der Waals surface area contributed by atoms with Crippen LogP contribution >= 0.6 is 7.14 Å². The molecular weight excluding hydrogens is 367 g/mol. The Bertz CT molecular complexity index is 686. The van der Waals surface area contributed by atoms with E-state index < -0.39 is 25.2 Å². The maximum Gasteiger partial charge on any atom is 0.408 e. The lowest BCUT2D eigenvalue weighted by molar-refractivity contribution is -0.140. The van der Waals surface area contributed by atoms with Gasteiger partial charge in [0.05, 0.1) is 7.14 Å². The Morgan fingerprint density at radius 1 is 1.30 bits per heavy atom. The molecular formula is C19H31N2O5P. The highest BCUT2D eigenvalue weighted by Crippen LogP contribution is 2.36. The third kappa shape index (κ3) is 8.96. The van der Waals surface area contributed by atoms with Gasteiger partial charge in [0.15, 0.2) is 0 Å². The number of hydrogen-bond acceptors (Lipinski definition) is 5. The van der Waals surface area contributed by atoms with Crippen molar-refractivity contribution in [1.82, 2.24) is 5.32 Å². The van der Waals surface area contributed by atoms with Gasteiger partial charge in [-0.3, -0.25) is 0 Å². The first-order chi connectivity index (χ1) is 12.5. The fourth-order valence-corrected chi connectivity index (χ4v) is 3.44. The predicted molar refractivity (Wildman–Crippen MR) is 108 cm³/mol. The zero-order chi connectivity index (χ0) is 20.6. The standard InChI is InChI=1S/C19H31N2O5P/c1-14(2)17(18(22)23)20-19(24)26-13-15-8-6-9-16(12-15)21(3)10-7-11-27(4,5)25/h6,8-9,12,14,17H,7,10-11,13H2,1-5H3,(H,20,24)(H,22,23). The van der Waals surface area contributed by atoms with Crippen molar-refractivity contribution >= 4 is 24.9 Å². The van der Waals surface area contributed by atoms with E-state index in [-0.39, 0.29) is 12.5 Å². The van der Waals surface area contributed by atoms with Gasteiger partial charge in [0.1, 0.15) is 12.6 Å². The minimum atomic E-state index is -2.00. The number of nitrogens with zero attached hydrogens (tertiary/aromatic N) is 1. The number of benzene rings is 1. The first-order valence-corrected chi connectivity index (χ1v) is 11.8. The second kappa shape index (κ2) is 10.4. The molecule has 0 saturated carbocycles. The zero-order valence-corrected chi connectivity index (χ0v) is 17.7. The van der Waals surface area contributed by atoms with E-state index in [1.54, 1.807) is 27.2 Å². The van der Waals surface area contributed by atoms with Gasteiger partial charge in [-0.2, -0.15) is 0 Å². The highest BCUT2D eigenvalue weighted by Gasteiger charge is 2.24. The summed E-state index contributed by atoms with van der Waals surface area (Å²) in [5.74, 6) is -1.33. The smallest absolute Gasteiger partial charge is 0.408 e. The van der Waals surface area contributed by atoms with Gasteiger partial charge < -0.3 is 24.6 Å². The number of alkyl carbamates (subject to hydrolysis) is 1. The highest BCUT2D eigenvalue weighted by molar-refractivity contribution is 7.62. The van der Waals surface area contributed by atoms with E-state index in [0.717, 1.165) is 24.2 Å². The number of aliphatic carboxylic acids is 1. The fourth-order valence-electron chi connectivity index (χ4n) is 2.53. The van der Waals surface area contributed by atoms with E-state index in [0.29, 0.717) is 6.16 Å². The highest BCUT2D eigenvalue weighted by atomic mass is 31.2. The van der Waals surface area contributed by atoms with Crippen molar-refractivity contribution in [2.75, 3.05) is 38.0 Å². The maximum atomic E-state index is 11.9. The third-order valence-electron chi connectivity index (χ3n) is 4.12. The van der Waals surface area contributed by atoms with E-state index in [1.807, 2.05) is 31.3 Å². The molecule has 8 heteroatoms. The molecule has 7 nitrogen and oxygen atoms in total. The predicted octanol–water partition coefficient (Wildman–Crippen LogP) is 3.47. The first kappa shape index (κ1) is 23.0. The second-order valence-corrected chi connectivity index (χ2v) is 11.1. The van der Waals surface area contributed by atoms with Crippen LogP contribution in [0.1, 0.15) is 25.8 Å². The molecule has 1 aromatic carbocycles. The van der Waals surface area contributed by atoms with Crippen molar-refractivity contribution in [1.29, 1.82) is 0 Å². The molecule has 0 radical (unpaired) electrons. The minimum absolute atomic E-state index is 0.0526. The number of ether oxygens (including phenoxy) is 1. The summed E-state index contributed by atoms with van der Waals surface area (Å²) in [5, 5.41) is 11.5. The van der Waals surface area contributed by atoms with Gasteiger partial charge in [-0.25, -0.2) is 9.59 Å². The number of carbonyl (C=O) groups is 2. The number of anilines is 1. The van der Waals surface area contributed by atoms with Gasteiger partial charge in [-0.1, -0.05) is 26.0 Å². The van der Waals surface area contributed by atoms with Crippen LogP contribution in [-0.2, 0) is 20.7 Å². The normalized spacial score (nSPS) is 12.5. The summed E-state index contributed by atoms with van der Waals surface area (Å²) in [6.07, 6.45) is 0.799. The summed E-state index contributed by atoms with van der Waals surface area (Å²) in [6.45, 7) is 7.86. The molecule has 1 atom stereocenters. The molecule has 27 heavy (non-hydrogen) atoms. The molecule has 1 rings (SSSR count). The number of nitrogens with one attached hydrogen (secondary N) is 1. The molecule has 0 bridgehead atoms. The average molecular weight is 398 g/mol. The molecule has 0 fully saturated rings. The monoisotopic (exact) mass is 398 g/mol. The van der Waals surface area contributed by atoms with Crippen molar-refractivity contribution in [3.63, 3.8) is 0 Å². The molecule has 1 unspecified atom stereocenters. The Balaban J connectivity index is 2.57. The number of carboxylic acids is 1. The molecule has 0 spiro atoms. The first-order valence-electron chi connectivity index (χ1n) is 9.00. The Kier molecular flexibility index (Phi) is 8.83. The molecule has 0 heterocycles. The van der Waals surface area contributed by atoms with Gasteiger partial charge >= 0.3 is 12.1 Å². The van der Waals surface area contributed by atoms with Gasteiger partial charge in [-0.15, -0.1) is 0 Å². The molecule has 0 aromatic heterocycles. The summed E-state index contributed by atoms with van der Waals surface area (Å²) in [7, 11) is -0.0425. The Labute approximate surface area is 161 Å². The number of rotatable bonds is 10. The Morgan fingerprint density at radius 3 is 2.52 bits per heavy atom. The van der Waals surface area contributed by atoms with E-state index >= 15 is 0 Å². The molecule has 0 aliphatic carbocycles. The van der Waals surface area contributed by atoms with E-state index in [9.17, 15) is 14.2 Å². The average Bonchev–Trinajstić information content (AvgIpc) is 2.56. The molecule has 152 valence electrons. The SMILES string of the molecule is CC(C)C(NC(=O)OCc1cccc(N(C)CCCP(C)(C)=O)c1)C(=O)O. The van der Waals surface area contributed by atoms with Crippen LogP contribution < -0.4 is 10.2 Å². The third-order valence-corrected chi connectivity index (χ3v) is 5.51. The zero-order valence-electron chi connectivity index (χ0n) is 16.8. The fraction of sp³-hybridized carbons (Fsp3) is 0.579. The summed E-state index contributed by atoms with van der Waals surface area (Å²) in [4.78, 5) is 25.0. The van der Waals surface area contributed by atoms with Crippen molar-refractivity contribution < 1.29 is 24.0 Å². The Morgan fingerprint density at radius 2 is 1.96 bits per heavy atom. The molecule has 0 aliphatic heterocycles. The molecule has 0 aliphatic rings. The van der Waals surface area contributed by atoms with Gasteiger partial charge in [0.2, 0.25) is 0 Å².